The van der Waals surface area contributed by atoms with Crippen molar-refractivity contribution < 1.29 is 63.5 Å². The third kappa shape index (κ3) is 8.11. The predicted molar refractivity (Wildman–Crippen MR) is 246 cm³/mol. The second-order valence-corrected chi connectivity index (χ2v) is 17.1. The van der Waals surface area contributed by atoms with Gasteiger partial charge in [0.25, 0.3) is 0 Å². The van der Waals surface area contributed by atoms with Crippen LogP contribution in [0.5, 0.6) is 69.0 Å². The van der Waals surface area contributed by atoms with Gasteiger partial charge in [-0.1, -0.05) is 25.1 Å². The summed E-state index contributed by atoms with van der Waals surface area (Å²) in [5, 5.41) is 65.3. The zero-order valence-corrected chi connectivity index (χ0v) is 38.0. The van der Waals surface area contributed by atoms with Crippen molar-refractivity contribution in [2.75, 3.05) is 41.2 Å². The van der Waals surface area contributed by atoms with E-state index in [1.807, 2.05) is 45.0 Å². The summed E-state index contributed by atoms with van der Waals surface area (Å²) < 4.78 is 50.8. The molecular weight excluding hydrogens is 848 g/mol. The van der Waals surface area contributed by atoms with E-state index in [1.54, 1.807) is 43.3 Å². The highest BCUT2D eigenvalue weighted by Crippen LogP contribution is 2.54. The van der Waals surface area contributed by atoms with Crippen LogP contribution in [-0.4, -0.2) is 71.8 Å². The maximum Gasteiger partial charge on any atom is 0.200 e. The molecule has 6 aromatic rings. The fourth-order valence-corrected chi connectivity index (χ4v) is 9.70. The van der Waals surface area contributed by atoms with Crippen molar-refractivity contribution in [2.45, 2.75) is 70.6 Å². The Morgan fingerprint density at radius 3 is 1.53 bits per heavy atom. The lowest BCUT2D eigenvalue weighted by atomic mass is 9.74. The van der Waals surface area contributed by atoms with Crippen LogP contribution in [0.1, 0.15) is 98.2 Å². The molecule has 0 radical (unpaired) electrons. The molecular formula is C53H55FO12. The van der Waals surface area contributed by atoms with E-state index in [0.717, 1.165) is 22.3 Å². The lowest BCUT2D eigenvalue weighted by Crippen LogP contribution is -2.26. The van der Waals surface area contributed by atoms with Gasteiger partial charge in [-0.15, -0.1) is 0 Å². The van der Waals surface area contributed by atoms with Gasteiger partial charge in [-0.2, -0.15) is 0 Å². The molecule has 66 heavy (non-hydrogen) atoms. The van der Waals surface area contributed by atoms with Crippen molar-refractivity contribution in [3.05, 3.63) is 140 Å². The number of hydrogen-bond donors (Lipinski definition) is 6. The van der Waals surface area contributed by atoms with Crippen molar-refractivity contribution in [1.29, 1.82) is 0 Å². The smallest absolute Gasteiger partial charge is 0.200 e. The van der Waals surface area contributed by atoms with Gasteiger partial charge < -0.3 is 59.1 Å². The number of phenolic OH excluding ortho intramolecular Hbond substituents is 6. The Morgan fingerprint density at radius 2 is 1.03 bits per heavy atom. The van der Waals surface area contributed by atoms with Crippen LogP contribution < -0.4 is 28.4 Å². The van der Waals surface area contributed by atoms with E-state index < -0.39 is 23.4 Å². The third-order valence-electron chi connectivity index (χ3n) is 13.3. The molecule has 2 aliphatic rings. The number of halogens is 1. The van der Waals surface area contributed by atoms with Crippen LogP contribution in [0.4, 0.5) is 4.39 Å². The van der Waals surface area contributed by atoms with Gasteiger partial charge in [-0.25, -0.2) is 4.39 Å². The number of aromatic hydroxyl groups is 6. The molecule has 6 N–H and O–H groups in total. The lowest BCUT2D eigenvalue weighted by molar-refractivity contribution is 0.243. The van der Waals surface area contributed by atoms with Crippen molar-refractivity contribution in [3.8, 4) is 69.0 Å². The van der Waals surface area contributed by atoms with E-state index in [4.69, 9.17) is 28.4 Å². The minimum atomic E-state index is -0.769. The molecule has 0 fully saturated rings. The highest BCUT2D eigenvalue weighted by Gasteiger charge is 2.39. The van der Waals surface area contributed by atoms with E-state index in [9.17, 15) is 30.6 Å². The lowest BCUT2D eigenvalue weighted by Gasteiger charge is -2.36. The number of benzene rings is 6. The van der Waals surface area contributed by atoms with Crippen LogP contribution in [0.15, 0.2) is 72.8 Å². The quantitative estimate of drug-likeness (QED) is 0.0606. The molecule has 4 atom stereocenters. The fourth-order valence-electron chi connectivity index (χ4n) is 9.70. The Kier molecular flexibility index (Phi) is 12.7. The van der Waals surface area contributed by atoms with E-state index in [1.165, 1.54) is 33.5 Å². The molecule has 2 heterocycles. The van der Waals surface area contributed by atoms with Crippen LogP contribution in [-0.2, 0) is 12.8 Å². The van der Waals surface area contributed by atoms with Crippen LogP contribution in [0.2, 0.25) is 0 Å². The van der Waals surface area contributed by atoms with Crippen LogP contribution >= 0.6 is 0 Å². The number of ether oxygens (including phenoxy) is 6. The first-order valence-corrected chi connectivity index (χ1v) is 21.9. The maximum atomic E-state index is 15.0. The molecule has 0 aliphatic carbocycles. The summed E-state index contributed by atoms with van der Waals surface area (Å²) in [6.45, 7) is 7.89. The van der Waals surface area contributed by atoms with E-state index in [-0.39, 0.29) is 83.4 Å². The maximum absolute atomic E-state index is 15.0. The first-order valence-electron chi connectivity index (χ1n) is 21.9. The number of rotatable bonds is 13. The Hall–Kier alpha value is -7.15. The zero-order chi connectivity index (χ0) is 47.1. The summed E-state index contributed by atoms with van der Waals surface area (Å²) in [6.07, 6.45) is 1.36. The monoisotopic (exact) mass is 902 g/mol. The van der Waals surface area contributed by atoms with Crippen LogP contribution in [0, 0.1) is 26.6 Å². The molecule has 0 amide bonds. The molecule has 0 saturated heterocycles. The summed E-state index contributed by atoms with van der Waals surface area (Å²) in [4.78, 5) is 0. The van der Waals surface area contributed by atoms with Gasteiger partial charge in [0.2, 0.25) is 11.5 Å². The van der Waals surface area contributed by atoms with Gasteiger partial charge in [0.05, 0.1) is 41.2 Å². The van der Waals surface area contributed by atoms with Crippen molar-refractivity contribution in [1.82, 2.24) is 0 Å². The number of phenols is 6. The molecule has 0 aromatic heterocycles. The van der Waals surface area contributed by atoms with Crippen LogP contribution in [0.3, 0.4) is 0 Å². The van der Waals surface area contributed by atoms with Crippen molar-refractivity contribution in [3.63, 3.8) is 0 Å². The Morgan fingerprint density at radius 1 is 0.561 bits per heavy atom. The first-order chi connectivity index (χ1) is 31.7. The largest absolute Gasteiger partial charge is 0.508 e. The average molecular weight is 903 g/mol. The van der Waals surface area contributed by atoms with Crippen LogP contribution in [0.25, 0.3) is 0 Å². The Bertz CT molecular complexity index is 2790. The molecule has 0 bridgehead atoms. The normalized spacial score (nSPS) is 17.5. The first kappa shape index (κ1) is 45.4. The minimum Gasteiger partial charge on any atom is -0.508 e. The van der Waals surface area contributed by atoms with E-state index >= 15 is 4.39 Å². The summed E-state index contributed by atoms with van der Waals surface area (Å²) in [5.74, 6) is -0.798. The molecule has 0 spiro atoms. The Labute approximate surface area is 383 Å². The molecule has 4 unspecified atom stereocenters. The minimum absolute atomic E-state index is 0.0939. The number of methoxy groups -OCH3 is 3. The molecule has 2 aliphatic heterocycles. The summed E-state index contributed by atoms with van der Waals surface area (Å²) in [7, 11) is 4.39. The van der Waals surface area contributed by atoms with Gasteiger partial charge in [-0.05, 0) is 134 Å². The fraction of sp³-hybridized carbons (Fsp3) is 0.321. The predicted octanol–water partition coefficient (Wildman–Crippen LogP) is 10.2. The number of fused-ring (bicyclic) bond motifs is 2. The third-order valence-corrected chi connectivity index (χ3v) is 13.3. The summed E-state index contributed by atoms with van der Waals surface area (Å²) >= 11 is 0. The topological polar surface area (TPSA) is 177 Å². The van der Waals surface area contributed by atoms with Crippen molar-refractivity contribution in [2.24, 2.45) is 0 Å². The summed E-state index contributed by atoms with van der Waals surface area (Å²) in [6, 6.07) is 20.6. The Balaban J connectivity index is 1.10. The van der Waals surface area contributed by atoms with E-state index in [0.29, 0.717) is 69.7 Å². The average Bonchev–Trinajstić information content (AvgIpc) is 3.32. The van der Waals surface area contributed by atoms with Gasteiger partial charge >= 0.3 is 0 Å². The second kappa shape index (κ2) is 18.4. The molecule has 346 valence electrons. The molecule has 0 saturated carbocycles. The molecule has 13 heteroatoms. The molecule has 8 rings (SSSR count). The van der Waals surface area contributed by atoms with Gasteiger partial charge in [0, 0.05) is 45.9 Å². The highest BCUT2D eigenvalue weighted by molar-refractivity contribution is 5.63. The van der Waals surface area contributed by atoms with Gasteiger partial charge in [0.1, 0.15) is 28.7 Å². The molecule has 12 nitrogen and oxygen atoms in total. The number of aryl methyl sites for hydroxylation is 3. The summed E-state index contributed by atoms with van der Waals surface area (Å²) in [5.41, 5.74) is 7.79. The standard InChI is InChI=1S/C53H55FO12/c1-8-29-17-35-47(31-12-14-41(56)39(54)19-31)38(25-65-52(35)27(3)48(29)57)34-22-44(63-7)51(60)45(23-34)64-15-9-10-32-18-36-46(30-11-13-40(55)26(2)16-30)37(24-66-53(36)28(4)49(32)58)33-20-42(61-5)50(59)43(21-33)62-6/h11-14,16-23,37-38,46-47,55-60H,8-10,15,24-25H2,1-7H3. The van der Waals surface area contributed by atoms with Gasteiger partial charge in [-0.3, -0.25) is 0 Å². The van der Waals surface area contributed by atoms with E-state index in [2.05, 4.69) is 0 Å². The highest BCUT2D eigenvalue weighted by atomic mass is 19.1. The SMILES string of the molecule is CCc1cc2c(c(C)c1O)OCC(c1cc(OC)c(O)c(OCCCc3cc4c(c(C)c3O)OCC(c3cc(OC)c(O)c(OC)c3)C4c3ccc(O)c(C)c3)c1)C2c1ccc(O)c(F)c1. The number of hydrogen-bond acceptors (Lipinski definition) is 12. The van der Waals surface area contributed by atoms with Gasteiger partial charge in [0.15, 0.2) is 34.6 Å². The zero-order valence-electron chi connectivity index (χ0n) is 38.0. The molecule has 6 aromatic carbocycles. The second-order valence-electron chi connectivity index (χ2n) is 17.1. The van der Waals surface area contributed by atoms with Crippen molar-refractivity contribution >= 4 is 0 Å².